The number of nitrogens with zero attached hydrogens (tertiary/aromatic N) is 2. The van der Waals surface area contributed by atoms with E-state index >= 15 is 0 Å². The molecule has 9 rings (SSSR count). The van der Waals surface area contributed by atoms with Gasteiger partial charge in [0.05, 0.1) is 22.9 Å². The lowest BCUT2D eigenvalue weighted by atomic mass is 9.77. The van der Waals surface area contributed by atoms with Crippen LogP contribution in [-0.4, -0.2) is 30.7 Å². The topological polar surface area (TPSA) is 52.2 Å². The van der Waals surface area contributed by atoms with Crippen molar-refractivity contribution >= 4 is 39.7 Å². The standard InChI is InChI=1S/C38H35N5/c1-2-9-29-24(6-1)12-16-34-36(29)31-20-25(32-14-11-28(23-42-32)27-8-3-17-39-22-27)13-15-33(31)43(34)35-21-26-7-4-18-40-37(26)38-30(35)10-5-19-41-38/h2,4-5,7,9-16,19-22,34,36,39-40,42H,1,3,6,8,17-18,23H2. The fraction of sp³-hybridized carbons (Fsp3) is 0.237. The number of hydrogen-bond acceptors (Lipinski definition) is 5. The molecule has 0 fully saturated rings. The maximum atomic E-state index is 4.88. The van der Waals surface area contributed by atoms with Crippen molar-refractivity contribution in [1.29, 1.82) is 0 Å². The minimum atomic E-state index is 0.208. The lowest BCUT2D eigenvalue weighted by molar-refractivity contribution is 0.697. The number of fused-ring (bicyclic) bond motifs is 7. The Bertz CT molecular complexity index is 1900. The van der Waals surface area contributed by atoms with Crippen LogP contribution < -0.4 is 20.9 Å². The highest BCUT2D eigenvalue weighted by Gasteiger charge is 2.43. The minimum Gasteiger partial charge on any atom is -0.391 e. The largest absolute Gasteiger partial charge is 0.391 e. The summed E-state index contributed by atoms with van der Waals surface area (Å²) in [6.45, 7) is 2.78. The van der Waals surface area contributed by atoms with Gasteiger partial charge in [0.2, 0.25) is 0 Å². The van der Waals surface area contributed by atoms with Crippen molar-refractivity contribution in [3.05, 3.63) is 130 Å². The molecule has 0 radical (unpaired) electrons. The fourth-order valence-corrected chi connectivity index (χ4v) is 7.84. The van der Waals surface area contributed by atoms with Crippen LogP contribution in [0.15, 0.2) is 114 Å². The molecule has 0 saturated carbocycles. The van der Waals surface area contributed by atoms with Crippen LogP contribution in [0, 0.1) is 0 Å². The third-order valence-corrected chi connectivity index (χ3v) is 9.88. The van der Waals surface area contributed by atoms with Crippen LogP contribution in [0.4, 0.5) is 17.1 Å². The molecule has 0 saturated heterocycles. The van der Waals surface area contributed by atoms with Gasteiger partial charge in [-0.2, -0.15) is 0 Å². The highest BCUT2D eigenvalue weighted by atomic mass is 15.2. The van der Waals surface area contributed by atoms with Gasteiger partial charge in [-0.1, -0.05) is 48.6 Å². The summed E-state index contributed by atoms with van der Waals surface area (Å²) in [5, 5.41) is 11.9. The molecule has 0 spiro atoms. The zero-order chi connectivity index (χ0) is 28.3. The van der Waals surface area contributed by atoms with Crippen LogP contribution in [-0.2, 0) is 0 Å². The van der Waals surface area contributed by atoms with Crippen LogP contribution in [0.3, 0.4) is 0 Å². The van der Waals surface area contributed by atoms with Gasteiger partial charge >= 0.3 is 0 Å². The smallest absolute Gasteiger partial charge is 0.0960 e. The van der Waals surface area contributed by atoms with E-state index < -0.39 is 0 Å². The predicted octanol–water partition coefficient (Wildman–Crippen LogP) is 7.63. The first-order valence-corrected chi connectivity index (χ1v) is 15.7. The van der Waals surface area contributed by atoms with Gasteiger partial charge < -0.3 is 20.9 Å². The molecule has 3 N–H and O–H groups in total. The van der Waals surface area contributed by atoms with Gasteiger partial charge in [0.1, 0.15) is 0 Å². The predicted molar refractivity (Wildman–Crippen MR) is 178 cm³/mol. The summed E-state index contributed by atoms with van der Waals surface area (Å²) in [6.07, 6.45) is 27.3. The van der Waals surface area contributed by atoms with Crippen LogP contribution in [0.1, 0.15) is 48.3 Å². The molecule has 5 heterocycles. The Hall–Kier alpha value is -4.77. The van der Waals surface area contributed by atoms with E-state index in [9.17, 15) is 0 Å². The Kier molecular flexibility index (Phi) is 5.71. The molecular weight excluding hydrogens is 526 g/mol. The second kappa shape index (κ2) is 9.91. The van der Waals surface area contributed by atoms with Crippen molar-refractivity contribution in [3.8, 4) is 0 Å². The second-order valence-electron chi connectivity index (χ2n) is 12.3. The molecule has 5 heteroatoms. The summed E-state index contributed by atoms with van der Waals surface area (Å²) < 4.78 is 0. The number of aromatic nitrogens is 1. The second-order valence-corrected chi connectivity index (χ2v) is 12.3. The highest BCUT2D eigenvalue weighted by molar-refractivity contribution is 6.05. The van der Waals surface area contributed by atoms with E-state index in [1.165, 1.54) is 67.9 Å². The summed E-state index contributed by atoms with van der Waals surface area (Å²) in [7, 11) is 0. The van der Waals surface area contributed by atoms with E-state index in [1.807, 2.05) is 6.20 Å². The lowest BCUT2D eigenvalue weighted by Gasteiger charge is -2.34. The van der Waals surface area contributed by atoms with E-state index in [1.54, 1.807) is 0 Å². The van der Waals surface area contributed by atoms with Crippen molar-refractivity contribution in [1.82, 2.24) is 15.6 Å². The molecule has 1 aromatic heterocycles. The molecule has 2 aromatic carbocycles. The normalized spacial score (nSPS) is 23.3. The Labute approximate surface area is 252 Å². The number of hydrogen-bond donors (Lipinski definition) is 3. The lowest BCUT2D eigenvalue weighted by Crippen LogP contribution is -2.31. The summed E-state index contributed by atoms with van der Waals surface area (Å²) in [6, 6.07) is 14.0. The first-order valence-electron chi connectivity index (χ1n) is 15.7. The zero-order valence-corrected chi connectivity index (χ0v) is 24.2. The van der Waals surface area contributed by atoms with Crippen molar-refractivity contribution in [2.45, 2.75) is 37.6 Å². The SMILES string of the molecule is C1=CC2=C(C=CC3C2c2cc(C4=CC=C(C5=CNCCC5)CN4)ccc2N3c2cc3c(c4ncccc24)NCC=C3)CC1. The Morgan fingerprint density at radius 2 is 1.91 bits per heavy atom. The van der Waals surface area contributed by atoms with Gasteiger partial charge in [0, 0.05) is 54.1 Å². The van der Waals surface area contributed by atoms with Crippen molar-refractivity contribution in [2.24, 2.45) is 0 Å². The van der Waals surface area contributed by atoms with Gasteiger partial charge in [0.15, 0.2) is 0 Å². The summed E-state index contributed by atoms with van der Waals surface area (Å²) in [5.41, 5.74) is 15.5. The van der Waals surface area contributed by atoms with E-state index in [0.29, 0.717) is 0 Å². The maximum Gasteiger partial charge on any atom is 0.0960 e. The van der Waals surface area contributed by atoms with Crippen LogP contribution in [0.5, 0.6) is 0 Å². The fourth-order valence-electron chi connectivity index (χ4n) is 7.84. The first-order chi connectivity index (χ1) is 21.3. The van der Waals surface area contributed by atoms with Gasteiger partial charge in [-0.15, -0.1) is 0 Å². The average molecular weight is 562 g/mol. The van der Waals surface area contributed by atoms with Crippen LogP contribution in [0.2, 0.25) is 0 Å². The molecule has 4 aliphatic heterocycles. The molecule has 2 aliphatic carbocycles. The Morgan fingerprint density at radius 3 is 2.81 bits per heavy atom. The van der Waals surface area contributed by atoms with Gasteiger partial charge in [0.25, 0.3) is 0 Å². The Morgan fingerprint density at radius 1 is 0.907 bits per heavy atom. The highest BCUT2D eigenvalue weighted by Crippen LogP contribution is 2.54. The number of allylic oxidation sites excluding steroid dienone is 6. The molecular formula is C38H35N5. The van der Waals surface area contributed by atoms with Gasteiger partial charge in [-0.25, -0.2) is 0 Å². The number of dihydropyridines is 1. The minimum absolute atomic E-state index is 0.208. The molecule has 3 aromatic rings. The third-order valence-electron chi connectivity index (χ3n) is 9.88. The number of nitrogens with one attached hydrogen (secondary N) is 3. The quantitative estimate of drug-likeness (QED) is 0.307. The van der Waals surface area contributed by atoms with E-state index in [2.05, 4.69) is 112 Å². The number of benzene rings is 2. The van der Waals surface area contributed by atoms with Crippen molar-refractivity contribution in [2.75, 3.05) is 29.9 Å². The summed E-state index contributed by atoms with van der Waals surface area (Å²) in [5.74, 6) is 0.289. The molecule has 2 atom stereocenters. The van der Waals surface area contributed by atoms with E-state index in [4.69, 9.17) is 4.98 Å². The third kappa shape index (κ3) is 3.94. The number of rotatable bonds is 3. The van der Waals surface area contributed by atoms with E-state index in [-0.39, 0.29) is 12.0 Å². The molecule has 0 amide bonds. The van der Waals surface area contributed by atoms with Gasteiger partial charge in [-0.3, -0.25) is 4.98 Å². The van der Waals surface area contributed by atoms with Crippen LogP contribution >= 0.6 is 0 Å². The maximum absolute atomic E-state index is 4.88. The zero-order valence-electron chi connectivity index (χ0n) is 24.2. The van der Waals surface area contributed by atoms with Gasteiger partial charge in [-0.05, 0) is 102 Å². The van der Waals surface area contributed by atoms with E-state index in [0.717, 1.165) is 50.1 Å². The molecule has 6 aliphatic rings. The molecule has 5 nitrogen and oxygen atoms in total. The van der Waals surface area contributed by atoms with Crippen molar-refractivity contribution in [3.63, 3.8) is 0 Å². The number of anilines is 3. The monoisotopic (exact) mass is 561 g/mol. The average Bonchev–Trinajstić information content (AvgIpc) is 3.42. The van der Waals surface area contributed by atoms with Crippen LogP contribution in [0.25, 0.3) is 22.7 Å². The Balaban J connectivity index is 1.19. The summed E-state index contributed by atoms with van der Waals surface area (Å²) in [4.78, 5) is 7.46. The molecule has 43 heavy (non-hydrogen) atoms. The molecule has 212 valence electrons. The first kappa shape index (κ1) is 24.8. The van der Waals surface area contributed by atoms with Crippen molar-refractivity contribution < 1.29 is 0 Å². The summed E-state index contributed by atoms with van der Waals surface area (Å²) >= 11 is 0. The molecule has 2 unspecified atom stereocenters. The molecule has 0 bridgehead atoms. The number of pyridine rings is 1.